The van der Waals surface area contributed by atoms with E-state index in [4.69, 9.17) is 9.72 Å². The van der Waals surface area contributed by atoms with Gasteiger partial charge in [-0.1, -0.05) is 103 Å². The maximum Gasteiger partial charge on any atom is 0.151 e. The van der Waals surface area contributed by atoms with E-state index in [1.807, 2.05) is 35.6 Å². The second kappa shape index (κ2) is 10.3. The van der Waals surface area contributed by atoms with Crippen LogP contribution in [0.1, 0.15) is 0 Å². The van der Waals surface area contributed by atoms with Crippen molar-refractivity contribution < 1.29 is 4.74 Å². The van der Waals surface area contributed by atoms with Gasteiger partial charge in [0.15, 0.2) is 11.5 Å². The minimum atomic E-state index is 0.847. The largest absolute Gasteiger partial charge is 0.453 e. The summed E-state index contributed by atoms with van der Waals surface area (Å²) >= 11 is 1.87. The maximum absolute atomic E-state index is 6.33. The zero-order valence-electron chi connectivity index (χ0n) is 25.2. The van der Waals surface area contributed by atoms with E-state index in [9.17, 15) is 0 Å². The molecule has 47 heavy (non-hydrogen) atoms. The molecule has 0 unspecified atom stereocenters. The second-order valence-corrected chi connectivity index (χ2v) is 13.0. The number of para-hydroxylation sites is 5. The third kappa shape index (κ3) is 4.02. The quantitative estimate of drug-likeness (QED) is 0.184. The predicted molar refractivity (Wildman–Crippen MR) is 198 cm³/mol. The standard InChI is InChI=1S/C43H26N2OS/c1-2-13-27(14-3-1)42-33-26-32(43-41(31-18-5-11-24-39(31)47-43)40(33)30-17-4-6-19-34(30)44-42)28-15-12-16-29(25-28)45-35-20-7-9-22-37(35)46-38-23-10-8-21-36(38)45/h1-26H. The molecule has 7 aromatic carbocycles. The molecule has 10 rings (SSSR count). The van der Waals surface area contributed by atoms with Crippen molar-refractivity contribution in [3.8, 4) is 33.9 Å². The summed E-state index contributed by atoms with van der Waals surface area (Å²) in [7, 11) is 0. The summed E-state index contributed by atoms with van der Waals surface area (Å²) in [6.07, 6.45) is 0. The van der Waals surface area contributed by atoms with Gasteiger partial charge in [-0.05, 0) is 60.2 Å². The van der Waals surface area contributed by atoms with E-state index in [0.29, 0.717) is 0 Å². The Morgan fingerprint density at radius 1 is 0.511 bits per heavy atom. The summed E-state index contributed by atoms with van der Waals surface area (Å²) in [5.41, 5.74) is 8.63. The zero-order chi connectivity index (χ0) is 30.9. The molecular weight excluding hydrogens is 593 g/mol. The van der Waals surface area contributed by atoms with Crippen LogP contribution >= 0.6 is 11.3 Å². The molecule has 0 saturated carbocycles. The molecule has 9 aromatic rings. The molecule has 1 aliphatic heterocycles. The van der Waals surface area contributed by atoms with Crippen molar-refractivity contribution >= 4 is 70.2 Å². The number of fused-ring (bicyclic) bond motifs is 9. The van der Waals surface area contributed by atoms with Gasteiger partial charge in [-0.15, -0.1) is 11.3 Å². The van der Waals surface area contributed by atoms with E-state index < -0.39 is 0 Å². The molecule has 1 aliphatic rings. The van der Waals surface area contributed by atoms with Crippen molar-refractivity contribution in [3.63, 3.8) is 0 Å². The molecule has 4 heteroatoms. The number of nitrogens with zero attached hydrogens (tertiary/aromatic N) is 2. The fourth-order valence-corrected chi connectivity index (χ4v) is 8.40. The van der Waals surface area contributed by atoms with Gasteiger partial charge in [0.05, 0.1) is 22.6 Å². The number of benzene rings is 7. The van der Waals surface area contributed by atoms with Crippen molar-refractivity contribution in [2.45, 2.75) is 0 Å². The van der Waals surface area contributed by atoms with E-state index in [2.05, 4.69) is 138 Å². The molecule has 0 spiro atoms. The van der Waals surface area contributed by atoms with Crippen LogP contribution in [0.5, 0.6) is 11.5 Å². The molecule has 0 radical (unpaired) electrons. The summed E-state index contributed by atoms with van der Waals surface area (Å²) in [4.78, 5) is 7.61. The number of aromatic nitrogens is 1. The van der Waals surface area contributed by atoms with Crippen LogP contribution in [-0.4, -0.2) is 4.98 Å². The minimum Gasteiger partial charge on any atom is -0.453 e. The number of rotatable bonds is 3. The molecule has 0 aliphatic carbocycles. The van der Waals surface area contributed by atoms with E-state index in [0.717, 1.165) is 56.3 Å². The average molecular weight is 619 g/mol. The van der Waals surface area contributed by atoms with E-state index in [1.165, 1.54) is 36.5 Å². The Balaban J connectivity index is 1.30. The topological polar surface area (TPSA) is 25.4 Å². The molecular formula is C43H26N2OS. The van der Waals surface area contributed by atoms with Gasteiger partial charge in [0.25, 0.3) is 0 Å². The van der Waals surface area contributed by atoms with Gasteiger partial charge in [-0.3, -0.25) is 0 Å². The Morgan fingerprint density at radius 3 is 1.98 bits per heavy atom. The monoisotopic (exact) mass is 618 g/mol. The summed E-state index contributed by atoms with van der Waals surface area (Å²) in [6.45, 7) is 0. The molecule has 0 atom stereocenters. The first-order chi connectivity index (χ1) is 23.3. The van der Waals surface area contributed by atoms with Gasteiger partial charge >= 0.3 is 0 Å². The average Bonchev–Trinajstić information content (AvgIpc) is 3.53. The van der Waals surface area contributed by atoms with Crippen LogP contribution in [0.2, 0.25) is 0 Å². The molecule has 0 saturated heterocycles. The van der Waals surface area contributed by atoms with Gasteiger partial charge in [0, 0.05) is 53.1 Å². The van der Waals surface area contributed by atoms with Crippen molar-refractivity contribution in [2.75, 3.05) is 4.90 Å². The lowest BCUT2D eigenvalue weighted by atomic mass is 9.92. The third-order valence-electron chi connectivity index (χ3n) is 9.20. The Bertz CT molecular complexity index is 2630. The van der Waals surface area contributed by atoms with Gasteiger partial charge in [0.1, 0.15) is 0 Å². The molecule has 3 heterocycles. The highest BCUT2D eigenvalue weighted by Crippen LogP contribution is 2.52. The van der Waals surface area contributed by atoms with E-state index in [-0.39, 0.29) is 0 Å². The Hall–Kier alpha value is -5.97. The maximum atomic E-state index is 6.33. The molecule has 0 amide bonds. The van der Waals surface area contributed by atoms with Crippen LogP contribution in [0.25, 0.3) is 64.2 Å². The first kappa shape index (κ1) is 26.3. The van der Waals surface area contributed by atoms with Crippen molar-refractivity contribution in [1.29, 1.82) is 0 Å². The molecule has 0 N–H and O–H groups in total. The number of thiophene rings is 1. The number of hydrogen-bond acceptors (Lipinski definition) is 4. The summed E-state index contributed by atoms with van der Waals surface area (Å²) in [5, 5.41) is 6.17. The van der Waals surface area contributed by atoms with E-state index >= 15 is 0 Å². The fraction of sp³-hybridized carbons (Fsp3) is 0. The fourth-order valence-electron chi connectivity index (χ4n) is 7.16. The SMILES string of the molecule is c1ccc(-c2nc3ccccc3c3c2cc(-c2cccc(N4c5ccccc5Oc5ccccc54)c2)c2sc4ccccc4c23)cc1. The van der Waals surface area contributed by atoms with Crippen LogP contribution in [0.3, 0.4) is 0 Å². The van der Waals surface area contributed by atoms with Crippen LogP contribution in [-0.2, 0) is 0 Å². The Kier molecular flexibility index (Phi) is 5.74. The smallest absolute Gasteiger partial charge is 0.151 e. The number of anilines is 3. The van der Waals surface area contributed by atoms with Crippen LogP contribution in [0, 0.1) is 0 Å². The lowest BCUT2D eigenvalue weighted by molar-refractivity contribution is 0.477. The molecule has 0 fully saturated rings. The van der Waals surface area contributed by atoms with Crippen LogP contribution in [0.15, 0.2) is 158 Å². The highest BCUT2D eigenvalue weighted by molar-refractivity contribution is 7.26. The number of pyridine rings is 1. The van der Waals surface area contributed by atoms with Crippen molar-refractivity contribution in [3.05, 3.63) is 158 Å². The summed E-state index contributed by atoms with van der Waals surface area (Å²) in [5.74, 6) is 1.69. The molecule has 0 bridgehead atoms. The van der Waals surface area contributed by atoms with Crippen molar-refractivity contribution in [1.82, 2.24) is 4.98 Å². The Labute approximate surface area is 275 Å². The highest BCUT2D eigenvalue weighted by atomic mass is 32.1. The minimum absolute atomic E-state index is 0.847. The Morgan fingerprint density at radius 2 is 1.17 bits per heavy atom. The zero-order valence-corrected chi connectivity index (χ0v) is 26.0. The van der Waals surface area contributed by atoms with E-state index in [1.54, 1.807) is 0 Å². The summed E-state index contributed by atoms with van der Waals surface area (Å²) < 4.78 is 8.90. The first-order valence-electron chi connectivity index (χ1n) is 15.8. The van der Waals surface area contributed by atoms with Crippen LogP contribution in [0.4, 0.5) is 17.1 Å². The number of ether oxygens (including phenoxy) is 1. The van der Waals surface area contributed by atoms with Gasteiger partial charge < -0.3 is 9.64 Å². The number of hydrogen-bond donors (Lipinski definition) is 0. The third-order valence-corrected chi connectivity index (χ3v) is 10.4. The van der Waals surface area contributed by atoms with Crippen molar-refractivity contribution in [2.24, 2.45) is 0 Å². The predicted octanol–water partition coefficient (Wildman–Crippen LogP) is 12.7. The normalized spacial score (nSPS) is 12.4. The van der Waals surface area contributed by atoms with Gasteiger partial charge in [-0.2, -0.15) is 0 Å². The highest BCUT2D eigenvalue weighted by Gasteiger charge is 2.26. The van der Waals surface area contributed by atoms with Gasteiger partial charge in [-0.25, -0.2) is 4.98 Å². The molecule has 2 aromatic heterocycles. The first-order valence-corrected chi connectivity index (χ1v) is 16.6. The van der Waals surface area contributed by atoms with Gasteiger partial charge in [0.2, 0.25) is 0 Å². The molecule has 220 valence electrons. The summed E-state index contributed by atoms with van der Waals surface area (Å²) in [6, 6.07) is 55.8. The lowest BCUT2D eigenvalue weighted by Gasteiger charge is -2.33. The van der Waals surface area contributed by atoms with Crippen LogP contribution < -0.4 is 9.64 Å². The lowest BCUT2D eigenvalue weighted by Crippen LogP contribution is -2.15. The second-order valence-electron chi connectivity index (χ2n) is 11.9. The molecule has 3 nitrogen and oxygen atoms in total.